The summed E-state index contributed by atoms with van der Waals surface area (Å²) in [5.74, 6) is 0. The zero-order chi connectivity index (χ0) is 15.5. The van der Waals surface area contributed by atoms with Gasteiger partial charge in [0.2, 0.25) is 5.69 Å². The fourth-order valence-electron chi connectivity index (χ4n) is 2.77. The van der Waals surface area contributed by atoms with Gasteiger partial charge in [-0.25, -0.2) is 4.57 Å². The molecule has 112 valence electrons. The van der Waals surface area contributed by atoms with Crippen LogP contribution in [0.1, 0.15) is 19.0 Å². The molecule has 3 rings (SSSR count). The Hall–Kier alpha value is -2.00. The van der Waals surface area contributed by atoms with Gasteiger partial charge in [-0.05, 0) is 30.6 Å². The normalized spacial score (nSPS) is 23.3. The molecule has 2 aliphatic heterocycles. The third-order valence-electron chi connectivity index (χ3n) is 3.91. The van der Waals surface area contributed by atoms with E-state index < -0.39 is 0 Å². The van der Waals surface area contributed by atoms with Crippen LogP contribution in [0.15, 0.2) is 76.4 Å². The molecule has 3 heterocycles. The summed E-state index contributed by atoms with van der Waals surface area (Å²) in [6.07, 6.45) is 11.9. The van der Waals surface area contributed by atoms with Gasteiger partial charge in [-0.2, -0.15) is 0 Å². The molecule has 1 N–H and O–H groups in total. The van der Waals surface area contributed by atoms with E-state index >= 15 is 0 Å². The lowest BCUT2D eigenvalue weighted by Crippen LogP contribution is -2.32. The predicted octanol–water partition coefficient (Wildman–Crippen LogP) is 3.86. The maximum absolute atomic E-state index is 4.36. The summed E-state index contributed by atoms with van der Waals surface area (Å²) < 4.78 is 2.15. The summed E-state index contributed by atoms with van der Waals surface area (Å²) in [5.41, 5.74) is 5.00. The Morgan fingerprint density at radius 3 is 2.91 bits per heavy atom. The standard InChI is InChI=1S/C19H21N2S/c1-14-8-6-9-16-10-7-12-20-19(16)22-15(2)18(14)17-11-4-5-13-21(17)3/h4-8,10-11,13,20H,2,9,12H2,1,3H3/q+1/b8-6-,18-14+. The van der Waals surface area contributed by atoms with E-state index in [9.17, 15) is 0 Å². The van der Waals surface area contributed by atoms with Crippen LogP contribution in [-0.2, 0) is 7.05 Å². The Kier molecular flexibility index (Phi) is 4.34. The highest BCUT2D eigenvalue weighted by molar-refractivity contribution is 8.07. The van der Waals surface area contributed by atoms with Crippen LogP contribution in [0.25, 0.3) is 5.57 Å². The van der Waals surface area contributed by atoms with Crippen LogP contribution in [0.5, 0.6) is 0 Å². The molecular weight excluding hydrogens is 288 g/mol. The second kappa shape index (κ2) is 6.41. The highest BCUT2D eigenvalue weighted by Gasteiger charge is 2.21. The Bertz CT molecular complexity index is 736. The zero-order valence-corrected chi connectivity index (χ0v) is 13.9. The van der Waals surface area contributed by atoms with Gasteiger partial charge in [0.05, 0.1) is 10.6 Å². The summed E-state index contributed by atoms with van der Waals surface area (Å²) in [6.45, 7) is 7.41. The van der Waals surface area contributed by atoms with Crippen molar-refractivity contribution in [1.29, 1.82) is 0 Å². The van der Waals surface area contributed by atoms with Crippen molar-refractivity contribution in [2.45, 2.75) is 13.3 Å². The molecule has 0 amide bonds. The molecule has 0 aromatic carbocycles. The Balaban J connectivity index is 2.08. The van der Waals surface area contributed by atoms with Crippen LogP contribution >= 0.6 is 11.8 Å². The number of aryl methyl sites for hydroxylation is 1. The number of aromatic nitrogens is 1. The van der Waals surface area contributed by atoms with Crippen molar-refractivity contribution in [3.63, 3.8) is 0 Å². The predicted molar refractivity (Wildman–Crippen MR) is 94.9 cm³/mol. The molecule has 0 spiro atoms. The third-order valence-corrected chi connectivity index (χ3v) is 4.97. The van der Waals surface area contributed by atoms with Crippen molar-refractivity contribution in [2.75, 3.05) is 6.54 Å². The molecule has 0 radical (unpaired) electrons. The van der Waals surface area contributed by atoms with Gasteiger partial charge in [-0.15, -0.1) is 0 Å². The minimum Gasteiger partial charge on any atom is -0.376 e. The number of pyridine rings is 1. The van der Waals surface area contributed by atoms with Crippen LogP contribution in [-0.4, -0.2) is 6.54 Å². The number of rotatable bonds is 1. The topological polar surface area (TPSA) is 15.9 Å². The minimum atomic E-state index is 0.889. The van der Waals surface area contributed by atoms with Gasteiger partial charge in [0.15, 0.2) is 6.20 Å². The van der Waals surface area contributed by atoms with Gasteiger partial charge in [-0.3, -0.25) is 0 Å². The number of allylic oxidation sites excluding steroid dienone is 6. The van der Waals surface area contributed by atoms with E-state index in [1.807, 2.05) is 0 Å². The van der Waals surface area contributed by atoms with Crippen molar-refractivity contribution >= 4 is 17.3 Å². The van der Waals surface area contributed by atoms with E-state index in [2.05, 4.69) is 79.1 Å². The number of dihydropyridines is 1. The molecule has 0 atom stereocenters. The molecule has 1 aromatic rings. The van der Waals surface area contributed by atoms with Gasteiger partial charge in [0.25, 0.3) is 0 Å². The first-order valence-corrected chi connectivity index (χ1v) is 8.31. The van der Waals surface area contributed by atoms with Gasteiger partial charge in [-0.1, -0.05) is 42.6 Å². The largest absolute Gasteiger partial charge is 0.376 e. The molecule has 0 saturated carbocycles. The SMILES string of the molecule is C=C1SC2=C(C=CCN2)C/C=C\C(C)=C/1c1cccc[n+]1C. The van der Waals surface area contributed by atoms with Crippen LogP contribution in [0.3, 0.4) is 0 Å². The lowest BCUT2D eigenvalue weighted by atomic mass is 10.0. The summed E-state index contributed by atoms with van der Waals surface area (Å²) >= 11 is 1.74. The van der Waals surface area contributed by atoms with Crippen LogP contribution < -0.4 is 9.88 Å². The molecule has 3 heteroatoms. The number of hydrogen-bond acceptors (Lipinski definition) is 2. The molecule has 0 bridgehead atoms. The molecule has 2 nitrogen and oxygen atoms in total. The van der Waals surface area contributed by atoms with Crippen molar-refractivity contribution in [1.82, 2.24) is 5.32 Å². The Labute approximate surface area is 136 Å². The average Bonchev–Trinajstić information content (AvgIpc) is 2.56. The first kappa shape index (κ1) is 14.9. The van der Waals surface area contributed by atoms with E-state index in [1.54, 1.807) is 11.8 Å². The van der Waals surface area contributed by atoms with Crippen LogP contribution in [0.2, 0.25) is 0 Å². The first-order chi connectivity index (χ1) is 10.7. The minimum absolute atomic E-state index is 0.889. The Morgan fingerprint density at radius 1 is 1.23 bits per heavy atom. The van der Waals surface area contributed by atoms with E-state index in [1.165, 1.54) is 27.4 Å². The summed E-state index contributed by atoms with van der Waals surface area (Å²) in [6, 6.07) is 6.28. The van der Waals surface area contributed by atoms with Crippen molar-refractivity contribution in [2.24, 2.45) is 7.05 Å². The van der Waals surface area contributed by atoms with Gasteiger partial charge in [0, 0.05) is 23.6 Å². The summed E-state index contributed by atoms with van der Waals surface area (Å²) in [5, 5.41) is 4.71. The molecule has 22 heavy (non-hydrogen) atoms. The van der Waals surface area contributed by atoms with E-state index in [0.717, 1.165) is 17.9 Å². The number of nitrogens with one attached hydrogen (secondary N) is 1. The zero-order valence-electron chi connectivity index (χ0n) is 13.1. The molecule has 0 aliphatic carbocycles. The molecule has 0 fully saturated rings. The van der Waals surface area contributed by atoms with Crippen molar-refractivity contribution in [3.8, 4) is 0 Å². The van der Waals surface area contributed by atoms with E-state index in [0.29, 0.717) is 0 Å². The lowest BCUT2D eigenvalue weighted by molar-refractivity contribution is -0.673. The second-order valence-corrected chi connectivity index (χ2v) is 6.63. The van der Waals surface area contributed by atoms with Gasteiger partial charge < -0.3 is 5.32 Å². The van der Waals surface area contributed by atoms with E-state index in [-0.39, 0.29) is 0 Å². The first-order valence-electron chi connectivity index (χ1n) is 7.50. The Morgan fingerprint density at radius 2 is 2.09 bits per heavy atom. The van der Waals surface area contributed by atoms with Crippen LogP contribution in [0, 0.1) is 0 Å². The average molecular weight is 309 g/mol. The maximum Gasteiger partial charge on any atom is 0.213 e. The number of nitrogens with zero attached hydrogens (tertiary/aromatic N) is 1. The van der Waals surface area contributed by atoms with Crippen LogP contribution in [0.4, 0.5) is 0 Å². The molecule has 1 aromatic heterocycles. The lowest BCUT2D eigenvalue weighted by Gasteiger charge is -2.18. The quantitative estimate of drug-likeness (QED) is 0.793. The van der Waals surface area contributed by atoms with Gasteiger partial charge >= 0.3 is 0 Å². The van der Waals surface area contributed by atoms with Crippen molar-refractivity contribution < 1.29 is 4.57 Å². The maximum atomic E-state index is 4.36. The number of hydrogen-bond donors (Lipinski definition) is 1. The summed E-state index contributed by atoms with van der Waals surface area (Å²) in [7, 11) is 2.08. The second-order valence-electron chi connectivity index (χ2n) is 5.52. The molecular formula is C19H21N2S+. The smallest absolute Gasteiger partial charge is 0.213 e. The molecule has 2 aliphatic rings. The van der Waals surface area contributed by atoms with Crippen molar-refractivity contribution in [3.05, 3.63) is 82.1 Å². The highest BCUT2D eigenvalue weighted by Crippen LogP contribution is 2.38. The fraction of sp³-hybridized carbons (Fsp3) is 0.211. The monoisotopic (exact) mass is 309 g/mol. The van der Waals surface area contributed by atoms with Gasteiger partial charge in [0.1, 0.15) is 7.05 Å². The summed E-state index contributed by atoms with van der Waals surface area (Å²) in [4.78, 5) is 1.08. The number of thioether (sulfide) groups is 1. The molecule has 0 unspecified atom stereocenters. The highest BCUT2D eigenvalue weighted by atomic mass is 32.2. The fourth-order valence-corrected chi connectivity index (χ4v) is 3.82. The third kappa shape index (κ3) is 2.95. The van der Waals surface area contributed by atoms with E-state index in [4.69, 9.17) is 0 Å². The molecule has 0 saturated heterocycles.